The van der Waals surface area contributed by atoms with Crippen LogP contribution < -0.4 is 5.32 Å². The molecule has 0 spiro atoms. The molecule has 1 amide bonds. The molecule has 8 heteroatoms. The van der Waals surface area contributed by atoms with Crippen molar-refractivity contribution >= 4 is 65.3 Å². The summed E-state index contributed by atoms with van der Waals surface area (Å²) in [5.41, 5.74) is -0.389. The number of rotatable bonds is 0. The molecule has 0 aromatic heterocycles. The normalized spacial score (nSPS) is 7.86. The van der Waals surface area contributed by atoms with E-state index in [1.165, 1.54) is 7.05 Å². The number of halogens is 3. The van der Waals surface area contributed by atoms with Gasteiger partial charge in [0.05, 0.1) is 0 Å². The fourth-order valence-electron chi connectivity index (χ4n) is 0.329. The molecule has 2 radical (unpaired) electrons. The van der Waals surface area contributed by atoms with Crippen molar-refractivity contribution in [3.8, 4) is 0 Å². The van der Waals surface area contributed by atoms with Gasteiger partial charge < -0.3 is 10.1 Å². The summed E-state index contributed by atoms with van der Waals surface area (Å²) in [7, 11) is 0.536. The smallest absolute Gasteiger partial charge is 0.444 e. The number of nitrogens with one attached hydrogen (secondary N) is 1. The van der Waals surface area contributed by atoms with E-state index >= 15 is 0 Å². The molecule has 0 aliphatic heterocycles. The largest absolute Gasteiger partial charge is 0.577 e. The first-order valence-corrected chi connectivity index (χ1v) is 3.30. The van der Waals surface area contributed by atoms with E-state index in [0.717, 1.165) is 0 Å². The molecule has 0 aliphatic rings. The minimum atomic E-state index is -1.00. The molecule has 0 rings (SSSR count). The number of ether oxygens (including phenoxy) is 1. The van der Waals surface area contributed by atoms with Crippen LogP contribution in [0.15, 0.2) is 0 Å². The number of hydrogen-bond donors (Lipinski definition) is 1. The van der Waals surface area contributed by atoms with E-state index in [0.29, 0.717) is 0 Å². The van der Waals surface area contributed by atoms with Gasteiger partial charge in [-0.3, -0.25) is 13.3 Å². The Bertz CT molecular complexity index is 140. The molecular formula is C6H16BF3KNO2. The molecule has 0 bridgehead atoms. The van der Waals surface area contributed by atoms with Crippen LogP contribution in [-0.2, 0) is 4.74 Å². The molecule has 0 fully saturated rings. The Balaban J connectivity index is -0.0000000500. The summed E-state index contributed by atoms with van der Waals surface area (Å²) in [5.74, 6) is 0. The number of carbonyl (C=O) groups is 1. The van der Waals surface area contributed by atoms with Crippen LogP contribution in [0.2, 0.25) is 0 Å². The summed E-state index contributed by atoms with van der Waals surface area (Å²) in [6.45, 7) is 5.46. The molecule has 1 N–H and O–H groups in total. The topological polar surface area (TPSA) is 38.3 Å². The SMILES string of the molecule is CNC(=O)OC(C)(C)C.F.F[B]F.[HH].[K]. The van der Waals surface area contributed by atoms with Crippen LogP contribution >= 0.6 is 0 Å². The van der Waals surface area contributed by atoms with Crippen molar-refractivity contribution in [1.29, 1.82) is 0 Å². The van der Waals surface area contributed by atoms with Crippen LogP contribution in [0.3, 0.4) is 0 Å². The average molecular weight is 241 g/mol. The Labute approximate surface area is 127 Å². The van der Waals surface area contributed by atoms with Gasteiger partial charge in [-0.1, -0.05) is 0 Å². The number of amides is 1. The van der Waals surface area contributed by atoms with Crippen molar-refractivity contribution in [1.82, 2.24) is 5.32 Å². The third-order valence-corrected chi connectivity index (χ3v) is 0.603. The predicted molar refractivity (Wildman–Crippen MR) is 53.6 cm³/mol. The molecule has 0 atom stereocenters. The second-order valence-electron chi connectivity index (χ2n) is 2.83. The first-order chi connectivity index (χ1) is 5.37. The Hall–Kier alpha value is 0.761. The first-order valence-electron chi connectivity index (χ1n) is 3.30. The monoisotopic (exact) mass is 241 g/mol. The Kier molecular flexibility index (Phi) is 23.7. The third-order valence-electron chi connectivity index (χ3n) is 0.603. The number of carbonyl (C=O) groups excluding carboxylic acids is 1. The van der Waals surface area contributed by atoms with E-state index < -0.39 is 7.83 Å². The van der Waals surface area contributed by atoms with Gasteiger partial charge in [0.1, 0.15) is 5.60 Å². The Morgan fingerprint density at radius 1 is 1.43 bits per heavy atom. The van der Waals surface area contributed by atoms with E-state index in [1.807, 2.05) is 20.8 Å². The molecule has 0 unspecified atom stereocenters. The maximum atomic E-state index is 10.5. The van der Waals surface area contributed by atoms with Crippen LogP contribution in [0.5, 0.6) is 0 Å². The van der Waals surface area contributed by atoms with E-state index in [-0.39, 0.29) is 69.2 Å². The molecule has 0 aromatic carbocycles. The standard InChI is InChI=1S/C6H13NO2.BF2.FH.K.H2/c1-6(2,3)9-5(8)7-4;2-1-3;;;/h1-4H3,(H,7,8);;1H;;1H. The minimum absolute atomic E-state index is 0. The number of hydrogen-bond acceptors (Lipinski definition) is 2. The zero-order valence-corrected chi connectivity index (χ0v) is 12.2. The van der Waals surface area contributed by atoms with Crippen molar-refractivity contribution in [2.24, 2.45) is 0 Å². The summed E-state index contributed by atoms with van der Waals surface area (Å²) in [4.78, 5) is 10.5. The maximum Gasteiger partial charge on any atom is 0.577 e. The van der Waals surface area contributed by atoms with E-state index in [2.05, 4.69) is 5.32 Å². The summed E-state index contributed by atoms with van der Waals surface area (Å²) in [6, 6.07) is 0. The van der Waals surface area contributed by atoms with Crippen molar-refractivity contribution in [2.45, 2.75) is 26.4 Å². The molecule has 0 heterocycles. The van der Waals surface area contributed by atoms with E-state index in [9.17, 15) is 13.4 Å². The van der Waals surface area contributed by atoms with Crippen LogP contribution in [0, 0.1) is 0 Å². The van der Waals surface area contributed by atoms with Gasteiger partial charge in [0.25, 0.3) is 0 Å². The summed E-state index contributed by atoms with van der Waals surface area (Å²) < 4.78 is 23.8. The summed E-state index contributed by atoms with van der Waals surface area (Å²) >= 11 is 0. The molecule has 0 saturated heterocycles. The molecule has 82 valence electrons. The summed E-state index contributed by atoms with van der Waals surface area (Å²) in [5, 5.41) is 2.36. The second-order valence-corrected chi connectivity index (χ2v) is 2.83. The molecule has 3 nitrogen and oxygen atoms in total. The van der Waals surface area contributed by atoms with Gasteiger partial charge in [0.2, 0.25) is 0 Å². The van der Waals surface area contributed by atoms with Gasteiger partial charge in [0.15, 0.2) is 0 Å². The second kappa shape index (κ2) is 13.8. The Morgan fingerprint density at radius 2 is 1.71 bits per heavy atom. The quantitative estimate of drug-likeness (QED) is 0.654. The van der Waals surface area contributed by atoms with Gasteiger partial charge in [-0.25, -0.2) is 4.79 Å². The Morgan fingerprint density at radius 3 is 1.79 bits per heavy atom. The van der Waals surface area contributed by atoms with Crippen molar-refractivity contribution < 1.29 is 24.3 Å². The summed E-state index contributed by atoms with van der Waals surface area (Å²) in [6.07, 6.45) is -0.387. The van der Waals surface area contributed by atoms with Crippen molar-refractivity contribution in [3.63, 3.8) is 0 Å². The molecule has 0 aromatic rings. The predicted octanol–water partition coefficient (Wildman–Crippen LogP) is 1.62. The fourth-order valence-corrected chi connectivity index (χ4v) is 0.329. The average Bonchev–Trinajstić information content (AvgIpc) is 1.86. The van der Waals surface area contributed by atoms with Crippen molar-refractivity contribution in [3.05, 3.63) is 0 Å². The third kappa shape index (κ3) is 29.3. The fraction of sp³-hybridized carbons (Fsp3) is 0.833. The van der Waals surface area contributed by atoms with Gasteiger partial charge >= 0.3 is 13.9 Å². The van der Waals surface area contributed by atoms with Crippen LogP contribution in [0.4, 0.5) is 18.1 Å². The van der Waals surface area contributed by atoms with Crippen LogP contribution in [0.1, 0.15) is 22.2 Å². The van der Waals surface area contributed by atoms with E-state index in [1.54, 1.807) is 0 Å². The molecular weight excluding hydrogens is 225 g/mol. The van der Waals surface area contributed by atoms with E-state index in [4.69, 9.17) is 4.74 Å². The first kappa shape index (κ1) is 24.1. The van der Waals surface area contributed by atoms with Gasteiger partial charge in [-0.05, 0) is 20.8 Å². The van der Waals surface area contributed by atoms with Crippen LogP contribution in [0.25, 0.3) is 0 Å². The number of alkyl carbamates (subject to hydrolysis) is 1. The molecule has 0 saturated carbocycles. The molecule has 0 aliphatic carbocycles. The van der Waals surface area contributed by atoms with Crippen molar-refractivity contribution in [2.75, 3.05) is 7.05 Å². The van der Waals surface area contributed by atoms with Gasteiger partial charge in [-0.15, -0.1) is 0 Å². The maximum absolute atomic E-state index is 10.5. The van der Waals surface area contributed by atoms with Gasteiger partial charge in [-0.2, -0.15) is 0 Å². The minimum Gasteiger partial charge on any atom is -0.444 e. The zero-order chi connectivity index (χ0) is 10.2. The molecule has 14 heavy (non-hydrogen) atoms. The zero-order valence-electron chi connectivity index (χ0n) is 9.06. The van der Waals surface area contributed by atoms with Gasteiger partial charge in [0, 0.05) is 59.9 Å². The van der Waals surface area contributed by atoms with Crippen LogP contribution in [-0.4, -0.2) is 78.0 Å².